The van der Waals surface area contributed by atoms with E-state index in [1.165, 1.54) is 16.4 Å². The normalized spacial score (nSPS) is 11.3. The van der Waals surface area contributed by atoms with Crippen LogP contribution in [0.25, 0.3) is 0 Å². The number of sulfonamides is 1. The maximum absolute atomic E-state index is 12.8. The van der Waals surface area contributed by atoms with E-state index in [1.54, 1.807) is 36.4 Å². The number of anilines is 1. The van der Waals surface area contributed by atoms with Crippen LogP contribution in [0.2, 0.25) is 0 Å². The number of carbonyl (C=O) groups is 1. The third kappa shape index (κ3) is 6.60. The van der Waals surface area contributed by atoms with Gasteiger partial charge in [-0.3, -0.25) is 10.1 Å². The van der Waals surface area contributed by atoms with Crippen molar-refractivity contribution in [2.45, 2.75) is 31.6 Å². The van der Waals surface area contributed by atoms with E-state index >= 15 is 0 Å². The monoisotopic (exact) mass is 497 g/mol. The van der Waals surface area contributed by atoms with Crippen LogP contribution in [0.3, 0.4) is 0 Å². The molecule has 0 atom stereocenters. The Bertz CT molecular complexity index is 940. The Morgan fingerprint density at radius 1 is 1.00 bits per heavy atom. The lowest BCUT2D eigenvalue weighted by Crippen LogP contribution is -2.34. The van der Waals surface area contributed by atoms with Gasteiger partial charge in [0.1, 0.15) is 0 Å². The standard InChI is InChI=1S/C20H24BrN3O3S2/c1-3-13-24(14-4-2)29(26,27)18-11-9-17(10-12-18)22-20(28)23-19(25)15-5-7-16(21)8-6-15/h5-12H,3-4,13-14H2,1-2H3,(H2,22,23,25,28). The van der Waals surface area contributed by atoms with Crippen LogP contribution in [0.15, 0.2) is 57.9 Å². The third-order valence-electron chi connectivity index (χ3n) is 4.03. The van der Waals surface area contributed by atoms with Crippen LogP contribution >= 0.6 is 28.1 Å². The lowest BCUT2D eigenvalue weighted by molar-refractivity contribution is 0.0977. The van der Waals surface area contributed by atoms with Crippen molar-refractivity contribution in [1.82, 2.24) is 9.62 Å². The summed E-state index contributed by atoms with van der Waals surface area (Å²) in [5.74, 6) is -0.330. The molecule has 0 fully saturated rings. The van der Waals surface area contributed by atoms with Crippen LogP contribution in [-0.4, -0.2) is 36.8 Å². The Balaban J connectivity index is 2.03. The topological polar surface area (TPSA) is 78.5 Å². The zero-order valence-electron chi connectivity index (χ0n) is 16.3. The van der Waals surface area contributed by atoms with Gasteiger partial charge in [-0.15, -0.1) is 0 Å². The van der Waals surface area contributed by atoms with Gasteiger partial charge in [-0.05, 0) is 73.6 Å². The number of hydrogen-bond acceptors (Lipinski definition) is 4. The summed E-state index contributed by atoms with van der Waals surface area (Å²) in [5, 5.41) is 5.63. The molecule has 0 aliphatic rings. The van der Waals surface area contributed by atoms with Gasteiger partial charge in [-0.2, -0.15) is 4.31 Å². The first-order chi connectivity index (χ1) is 13.8. The van der Waals surface area contributed by atoms with Crippen LogP contribution in [0.4, 0.5) is 5.69 Å². The molecule has 0 spiro atoms. The van der Waals surface area contributed by atoms with Gasteiger partial charge in [0.25, 0.3) is 5.91 Å². The second-order valence-corrected chi connectivity index (χ2v) is 9.61. The second-order valence-electron chi connectivity index (χ2n) is 6.34. The number of nitrogens with zero attached hydrogens (tertiary/aromatic N) is 1. The summed E-state index contributed by atoms with van der Waals surface area (Å²) in [4.78, 5) is 12.4. The molecule has 29 heavy (non-hydrogen) atoms. The Kier molecular flexibility index (Phi) is 8.76. The van der Waals surface area contributed by atoms with Crippen molar-refractivity contribution in [3.8, 4) is 0 Å². The summed E-state index contributed by atoms with van der Waals surface area (Å²) in [5.41, 5.74) is 1.06. The fraction of sp³-hybridized carbons (Fsp3) is 0.300. The number of nitrogens with one attached hydrogen (secondary N) is 2. The Morgan fingerprint density at radius 2 is 1.55 bits per heavy atom. The Hall–Kier alpha value is -1.81. The molecule has 0 unspecified atom stereocenters. The zero-order chi connectivity index (χ0) is 21.4. The van der Waals surface area contributed by atoms with Gasteiger partial charge in [0.05, 0.1) is 4.90 Å². The molecule has 0 heterocycles. The van der Waals surface area contributed by atoms with Crippen LogP contribution in [0.5, 0.6) is 0 Å². The van der Waals surface area contributed by atoms with E-state index in [9.17, 15) is 13.2 Å². The van der Waals surface area contributed by atoms with E-state index in [0.29, 0.717) is 24.3 Å². The van der Waals surface area contributed by atoms with Crippen LogP contribution in [-0.2, 0) is 10.0 Å². The lowest BCUT2D eigenvalue weighted by atomic mass is 10.2. The number of hydrogen-bond donors (Lipinski definition) is 2. The van der Waals surface area contributed by atoms with E-state index in [0.717, 1.165) is 17.3 Å². The molecule has 0 bridgehead atoms. The number of rotatable bonds is 8. The molecular formula is C20H24BrN3O3S2. The fourth-order valence-corrected chi connectivity index (χ4v) is 4.75. The van der Waals surface area contributed by atoms with Gasteiger partial charge < -0.3 is 5.32 Å². The molecule has 156 valence electrons. The van der Waals surface area contributed by atoms with Crippen LogP contribution in [0.1, 0.15) is 37.0 Å². The van der Waals surface area contributed by atoms with Crippen molar-refractivity contribution in [3.63, 3.8) is 0 Å². The summed E-state index contributed by atoms with van der Waals surface area (Å²) in [6, 6.07) is 13.2. The predicted octanol–water partition coefficient (Wildman–Crippen LogP) is 4.39. The van der Waals surface area contributed by atoms with Crippen molar-refractivity contribution in [2.24, 2.45) is 0 Å². The van der Waals surface area contributed by atoms with Crippen molar-refractivity contribution in [2.75, 3.05) is 18.4 Å². The van der Waals surface area contributed by atoms with Crippen LogP contribution in [0, 0.1) is 0 Å². The third-order valence-corrected chi connectivity index (χ3v) is 6.68. The van der Waals surface area contributed by atoms with Gasteiger partial charge >= 0.3 is 0 Å². The molecule has 0 aliphatic heterocycles. The van der Waals surface area contributed by atoms with E-state index < -0.39 is 10.0 Å². The summed E-state index contributed by atoms with van der Waals surface area (Å²) < 4.78 is 28.0. The highest BCUT2D eigenvalue weighted by atomic mass is 79.9. The summed E-state index contributed by atoms with van der Waals surface area (Å²) in [6.07, 6.45) is 1.51. The van der Waals surface area contributed by atoms with Crippen molar-refractivity contribution in [1.29, 1.82) is 0 Å². The number of halogens is 1. The molecule has 2 aromatic rings. The molecule has 2 aromatic carbocycles. The molecule has 9 heteroatoms. The molecule has 0 saturated carbocycles. The first kappa shape index (κ1) is 23.5. The first-order valence-electron chi connectivity index (χ1n) is 9.26. The summed E-state index contributed by atoms with van der Waals surface area (Å²) >= 11 is 8.50. The zero-order valence-corrected chi connectivity index (χ0v) is 19.5. The average Bonchev–Trinajstić information content (AvgIpc) is 2.68. The molecule has 2 N–H and O–H groups in total. The first-order valence-corrected chi connectivity index (χ1v) is 11.9. The molecule has 0 saturated heterocycles. The lowest BCUT2D eigenvalue weighted by Gasteiger charge is -2.21. The maximum Gasteiger partial charge on any atom is 0.257 e. The smallest absolute Gasteiger partial charge is 0.257 e. The minimum Gasteiger partial charge on any atom is -0.332 e. The molecule has 6 nitrogen and oxygen atoms in total. The van der Waals surface area contributed by atoms with Crippen LogP contribution < -0.4 is 10.6 Å². The van der Waals surface area contributed by atoms with E-state index in [2.05, 4.69) is 26.6 Å². The number of carbonyl (C=O) groups excluding carboxylic acids is 1. The van der Waals surface area contributed by atoms with E-state index in [1.807, 2.05) is 13.8 Å². The molecule has 0 aliphatic carbocycles. The van der Waals surface area contributed by atoms with Gasteiger partial charge in [0.2, 0.25) is 10.0 Å². The van der Waals surface area contributed by atoms with E-state index in [4.69, 9.17) is 12.2 Å². The SMILES string of the molecule is CCCN(CCC)S(=O)(=O)c1ccc(NC(=S)NC(=O)c2ccc(Br)cc2)cc1. The number of amides is 1. The molecule has 0 radical (unpaired) electrons. The minimum absolute atomic E-state index is 0.132. The predicted molar refractivity (Wildman–Crippen MR) is 124 cm³/mol. The van der Waals surface area contributed by atoms with Gasteiger partial charge in [0, 0.05) is 28.8 Å². The highest BCUT2D eigenvalue weighted by Crippen LogP contribution is 2.19. The fourth-order valence-electron chi connectivity index (χ4n) is 2.65. The molecular weight excluding hydrogens is 474 g/mol. The molecule has 1 amide bonds. The number of thiocarbonyl (C=S) groups is 1. The van der Waals surface area contributed by atoms with Gasteiger partial charge in [-0.25, -0.2) is 8.42 Å². The van der Waals surface area contributed by atoms with Crippen molar-refractivity contribution >= 4 is 54.9 Å². The van der Waals surface area contributed by atoms with Gasteiger partial charge in [-0.1, -0.05) is 29.8 Å². The quantitative estimate of drug-likeness (QED) is 0.528. The Morgan fingerprint density at radius 3 is 2.07 bits per heavy atom. The second kappa shape index (κ2) is 10.8. The average molecular weight is 498 g/mol. The molecule has 0 aromatic heterocycles. The van der Waals surface area contributed by atoms with Gasteiger partial charge in [0.15, 0.2) is 5.11 Å². The van der Waals surface area contributed by atoms with E-state index in [-0.39, 0.29) is 15.9 Å². The van der Waals surface area contributed by atoms with Crippen molar-refractivity contribution in [3.05, 3.63) is 58.6 Å². The minimum atomic E-state index is -3.53. The van der Waals surface area contributed by atoms with Crippen molar-refractivity contribution < 1.29 is 13.2 Å². The number of benzene rings is 2. The summed E-state index contributed by atoms with van der Waals surface area (Å²) in [7, 11) is -3.53. The highest BCUT2D eigenvalue weighted by molar-refractivity contribution is 9.10. The molecule has 2 rings (SSSR count). The summed E-state index contributed by atoms with van der Waals surface area (Å²) in [6.45, 7) is 4.88. The highest BCUT2D eigenvalue weighted by Gasteiger charge is 2.22. The maximum atomic E-state index is 12.8. The Labute approximate surface area is 185 Å². The largest absolute Gasteiger partial charge is 0.332 e.